The van der Waals surface area contributed by atoms with Gasteiger partial charge in [-0.05, 0) is 42.2 Å². The molecule has 0 radical (unpaired) electrons. The van der Waals surface area contributed by atoms with Crippen LogP contribution in [0.15, 0.2) is 48.5 Å². The number of carboxylic acids is 1. The van der Waals surface area contributed by atoms with E-state index in [1.54, 1.807) is 6.92 Å². The second-order valence-electron chi connectivity index (χ2n) is 6.40. The van der Waals surface area contributed by atoms with Gasteiger partial charge in [-0.25, -0.2) is 4.79 Å². The number of hydrogen-bond donors (Lipinski definition) is 3. The van der Waals surface area contributed by atoms with Crippen molar-refractivity contribution in [1.82, 2.24) is 5.32 Å². The van der Waals surface area contributed by atoms with Crippen molar-refractivity contribution in [2.24, 2.45) is 0 Å². The molecular weight excluding hydrogens is 382 g/mol. The molecule has 1 amide bonds. The van der Waals surface area contributed by atoms with Crippen LogP contribution in [0.2, 0.25) is 5.02 Å². The highest BCUT2D eigenvalue weighted by molar-refractivity contribution is 6.30. The Morgan fingerprint density at radius 3 is 2.46 bits per heavy atom. The van der Waals surface area contributed by atoms with Crippen LogP contribution in [0.1, 0.15) is 18.9 Å². The van der Waals surface area contributed by atoms with E-state index in [1.165, 1.54) is 0 Å². The molecule has 0 fully saturated rings. The summed E-state index contributed by atoms with van der Waals surface area (Å²) in [6, 6.07) is 14.7. The van der Waals surface area contributed by atoms with Crippen LogP contribution < -0.4 is 5.32 Å². The third-order valence-corrected chi connectivity index (χ3v) is 4.42. The number of halogens is 1. The first-order chi connectivity index (χ1) is 13.4. The van der Waals surface area contributed by atoms with E-state index in [9.17, 15) is 14.7 Å². The molecule has 0 saturated carbocycles. The number of hydrogen-bond acceptors (Lipinski definition) is 4. The molecule has 0 bridgehead atoms. The molecule has 0 aromatic heterocycles. The summed E-state index contributed by atoms with van der Waals surface area (Å²) >= 11 is 6.03. The van der Waals surface area contributed by atoms with Gasteiger partial charge in [0.05, 0.1) is 0 Å². The van der Waals surface area contributed by atoms with Crippen LogP contribution >= 0.6 is 11.6 Å². The topological polar surface area (TPSA) is 95.9 Å². The van der Waals surface area contributed by atoms with Gasteiger partial charge in [0.25, 0.3) is 0 Å². The summed E-state index contributed by atoms with van der Waals surface area (Å²) in [7, 11) is 0. The van der Waals surface area contributed by atoms with E-state index in [-0.39, 0.29) is 18.9 Å². The Kier molecular flexibility index (Phi) is 8.44. The molecule has 0 aliphatic rings. The van der Waals surface area contributed by atoms with Gasteiger partial charge < -0.3 is 20.3 Å². The Hall–Kier alpha value is -2.41. The van der Waals surface area contributed by atoms with E-state index < -0.39 is 18.1 Å². The number of aliphatic carboxylic acids is 1. The van der Waals surface area contributed by atoms with Gasteiger partial charge in [-0.15, -0.1) is 0 Å². The Morgan fingerprint density at radius 1 is 1.14 bits per heavy atom. The van der Waals surface area contributed by atoms with Crippen molar-refractivity contribution in [3.8, 4) is 11.1 Å². The van der Waals surface area contributed by atoms with Gasteiger partial charge in [0.1, 0.15) is 6.61 Å². The molecular formula is C21H24ClNO5. The lowest BCUT2D eigenvalue weighted by molar-refractivity contribution is -0.147. The summed E-state index contributed by atoms with van der Waals surface area (Å²) in [5.41, 5.74) is 2.89. The van der Waals surface area contributed by atoms with Crippen LogP contribution in [0.25, 0.3) is 11.1 Å². The average Bonchev–Trinajstić information content (AvgIpc) is 2.66. The summed E-state index contributed by atoms with van der Waals surface area (Å²) in [5.74, 6) is -1.67. The van der Waals surface area contributed by atoms with Crippen molar-refractivity contribution in [2.45, 2.75) is 31.9 Å². The molecule has 7 heteroatoms. The van der Waals surface area contributed by atoms with Crippen LogP contribution in [0.4, 0.5) is 0 Å². The molecule has 0 aliphatic carbocycles. The van der Waals surface area contributed by atoms with E-state index in [4.69, 9.17) is 21.4 Å². The largest absolute Gasteiger partial charge is 0.479 e. The zero-order valence-corrected chi connectivity index (χ0v) is 16.4. The van der Waals surface area contributed by atoms with Gasteiger partial charge in [0.15, 0.2) is 6.10 Å². The minimum Gasteiger partial charge on any atom is -0.479 e. The maximum atomic E-state index is 11.9. The predicted octanol–water partition coefficient (Wildman–Crippen LogP) is 2.91. The number of aliphatic hydroxyl groups excluding tert-OH is 1. The molecule has 2 atom stereocenters. The van der Waals surface area contributed by atoms with Gasteiger partial charge in [-0.2, -0.15) is 0 Å². The maximum Gasteiger partial charge on any atom is 0.332 e. The van der Waals surface area contributed by atoms with Crippen LogP contribution in [-0.4, -0.2) is 47.4 Å². The summed E-state index contributed by atoms with van der Waals surface area (Å²) < 4.78 is 5.07. The first kappa shape index (κ1) is 21.9. The lowest BCUT2D eigenvalue weighted by atomic mass is 9.98. The quantitative estimate of drug-likeness (QED) is 0.564. The molecule has 0 aliphatic heterocycles. The smallest absolute Gasteiger partial charge is 0.332 e. The molecule has 2 aromatic carbocycles. The van der Waals surface area contributed by atoms with Gasteiger partial charge in [0, 0.05) is 24.1 Å². The van der Waals surface area contributed by atoms with Crippen molar-refractivity contribution in [1.29, 1.82) is 0 Å². The number of ether oxygens (including phenoxy) is 1. The van der Waals surface area contributed by atoms with Crippen LogP contribution in [0.5, 0.6) is 0 Å². The average molecular weight is 406 g/mol. The second-order valence-corrected chi connectivity index (χ2v) is 6.84. The van der Waals surface area contributed by atoms with Crippen LogP contribution in [-0.2, 0) is 20.7 Å². The predicted molar refractivity (Wildman–Crippen MR) is 107 cm³/mol. The first-order valence-electron chi connectivity index (χ1n) is 9.02. The molecule has 3 N–H and O–H groups in total. The van der Waals surface area contributed by atoms with Crippen LogP contribution in [0.3, 0.4) is 0 Å². The van der Waals surface area contributed by atoms with E-state index in [2.05, 4.69) is 5.32 Å². The number of benzene rings is 2. The summed E-state index contributed by atoms with van der Waals surface area (Å²) in [5, 5.41) is 22.0. The fourth-order valence-electron chi connectivity index (χ4n) is 2.81. The molecule has 0 saturated heterocycles. The van der Waals surface area contributed by atoms with Crippen molar-refractivity contribution in [2.75, 3.05) is 13.2 Å². The highest BCUT2D eigenvalue weighted by atomic mass is 35.5. The zero-order valence-electron chi connectivity index (χ0n) is 15.6. The first-order valence-corrected chi connectivity index (χ1v) is 9.39. The standard InChI is InChI=1S/C21H24ClNO5/c1-2-28-13-20(25)23-18(12-19(24)21(26)27)10-14-6-8-15(9-7-14)16-4-3-5-17(22)11-16/h3-9,11,18-19,24H,2,10,12-13H2,1H3,(H,23,25)(H,26,27)/t18-,19-/m1/s1. The van der Waals surface area contributed by atoms with E-state index in [0.717, 1.165) is 16.7 Å². The van der Waals surface area contributed by atoms with Crippen molar-refractivity contribution in [3.05, 3.63) is 59.1 Å². The lowest BCUT2D eigenvalue weighted by Gasteiger charge is -2.20. The second kappa shape index (κ2) is 10.8. The number of aliphatic hydroxyl groups is 1. The highest BCUT2D eigenvalue weighted by Crippen LogP contribution is 2.23. The Morgan fingerprint density at radius 2 is 1.86 bits per heavy atom. The molecule has 0 spiro atoms. The fourth-order valence-corrected chi connectivity index (χ4v) is 3.00. The number of amides is 1. The number of nitrogens with one attached hydrogen (secondary N) is 1. The third-order valence-electron chi connectivity index (χ3n) is 4.19. The normalized spacial score (nSPS) is 13.0. The number of carbonyl (C=O) groups excluding carboxylic acids is 1. The molecule has 0 heterocycles. The van der Waals surface area contributed by atoms with Gasteiger partial charge in [-0.1, -0.05) is 48.0 Å². The number of carboxylic acid groups (broad SMARTS) is 1. The summed E-state index contributed by atoms with van der Waals surface area (Å²) in [6.45, 7) is 2.07. The van der Waals surface area contributed by atoms with Crippen molar-refractivity contribution < 1.29 is 24.5 Å². The molecule has 28 heavy (non-hydrogen) atoms. The minimum absolute atomic E-state index is 0.0940. The van der Waals surface area contributed by atoms with E-state index in [0.29, 0.717) is 18.1 Å². The Bertz CT molecular complexity index is 794. The van der Waals surface area contributed by atoms with Crippen molar-refractivity contribution in [3.63, 3.8) is 0 Å². The number of carbonyl (C=O) groups is 2. The zero-order chi connectivity index (χ0) is 20.5. The monoisotopic (exact) mass is 405 g/mol. The van der Waals surface area contributed by atoms with Gasteiger partial charge in [0.2, 0.25) is 5.91 Å². The third kappa shape index (κ3) is 6.96. The highest BCUT2D eigenvalue weighted by Gasteiger charge is 2.22. The fraction of sp³-hybridized carbons (Fsp3) is 0.333. The van der Waals surface area contributed by atoms with E-state index in [1.807, 2.05) is 48.5 Å². The van der Waals surface area contributed by atoms with Gasteiger partial charge in [-0.3, -0.25) is 4.79 Å². The molecule has 150 valence electrons. The molecule has 2 rings (SSSR count). The van der Waals surface area contributed by atoms with Crippen molar-refractivity contribution >= 4 is 23.5 Å². The van der Waals surface area contributed by atoms with E-state index >= 15 is 0 Å². The van der Waals surface area contributed by atoms with Gasteiger partial charge >= 0.3 is 5.97 Å². The molecule has 0 unspecified atom stereocenters. The SMILES string of the molecule is CCOCC(=O)N[C@H](Cc1ccc(-c2cccc(Cl)c2)cc1)C[C@@H](O)C(=O)O. The summed E-state index contributed by atoms with van der Waals surface area (Å²) in [6.07, 6.45) is -1.26. The Balaban J connectivity index is 2.08. The maximum absolute atomic E-state index is 11.9. The Labute approximate surface area is 169 Å². The lowest BCUT2D eigenvalue weighted by Crippen LogP contribution is -2.42. The minimum atomic E-state index is -1.55. The molecule has 2 aromatic rings. The number of rotatable bonds is 10. The summed E-state index contributed by atoms with van der Waals surface area (Å²) in [4.78, 5) is 22.9. The van der Waals surface area contributed by atoms with Crippen LogP contribution in [0, 0.1) is 0 Å². The molecule has 6 nitrogen and oxygen atoms in total.